The lowest BCUT2D eigenvalue weighted by atomic mass is 9.82. The van der Waals surface area contributed by atoms with Crippen LogP contribution in [0.15, 0.2) is 42.6 Å². The lowest BCUT2D eigenvalue weighted by molar-refractivity contribution is -0.137. The molecule has 2 heterocycles. The Labute approximate surface area is 173 Å². The number of anilines is 1. The molecule has 7 heteroatoms. The molecule has 0 aliphatic heterocycles. The van der Waals surface area contributed by atoms with E-state index in [0.717, 1.165) is 18.6 Å². The maximum atomic E-state index is 12.9. The van der Waals surface area contributed by atoms with Gasteiger partial charge in [-0.25, -0.2) is 4.98 Å². The van der Waals surface area contributed by atoms with E-state index in [4.69, 9.17) is 11.6 Å². The van der Waals surface area contributed by atoms with Gasteiger partial charge in [-0.1, -0.05) is 44.5 Å². The second-order valence-electron chi connectivity index (χ2n) is 9.21. The largest absolute Gasteiger partial charge is 0.416 e. The van der Waals surface area contributed by atoms with E-state index in [1.807, 2.05) is 4.40 Å². The number of alkyl halides is 3. The van der Waals surface area contributed by atoms with Gasteiger partial charge in [0.25, 0.3) is 0 Å². The molecule has 0 radical (unpaired) electrons. The quantitative estimate of drug-likeness (QED) is 0.477. The van der Waals surface area contributed by atoms with Crippen LogP contribution in [0.5, 0.6) is 0 Å². The summed E-state index contributed by atoms with van der Waals surface area (Å²) in [5.74, 6) is 0.705. The van der Waals surface area contributed by atoms with Crippen molar-refractivity contribution in [1.29, 1.82) is 0 Å². The Morgan fingerprint density at radius 2 is 1.59 bits per heavy atom. The molecule has 2 aromatic heterocycles. The van der Waals surface area contributed by atoms with E-state index in [1.165, 1.54) is 12.1 Å². The summed E-state index contributed by atoms with van der Waals surface area (Å²) < 4.78 is 40.7. The zero-order valence-electron chi connectivity index (χ0n) is 17.2. The molecule has 0 aliphatic carbocycles. The molecule has 3 rings (SSSR count). The molecule has 3 aromatic rings. The molecule has 0 saturated carbocycles. The third kappa shape index (κ3) is 5.04. The van der Waals surface area contributed by atoms with Crippen molar-refractivity contribution in [3.63, 3.8) is 0 Å². The molecular formula is C22H25ClF3N3. The summed E-state index contributed by atoms with van der Waals surface area (Å²) in [6.45, 7) is 10.7. The maximum absolute atomic E-state index is 12.9. The second kappa shape index (κ2) is 7.24. The number of imidazole rings is 1. The Morgan fingerprint density at radius 1 is 0.966 bits per heavy atom. The molecular weight excluding hydrogens is 399 g/mol. The van der Waals surface area contributed by atoms with E-state index in [9.17, 15) is 13.2 Å². The molecule has 1 N–H and O–H groups in total. The van der Waals surface area contributed by atoms with Crippen molar-refractivity contribution >= 4 is 23.1 Å². The first-order valence-corrected chi connectivity index (χ1v) is 9.76. The number of nitrogens with one attached hydrogen (secondary N) is 1. The minimum atomic E-state index is -4.37. The van der Waals surface area contributed by atoms with Gasteiger partial charge in [0.05, 0.1) is 10.6 Å². The summed E-state index contributed by atoms with van der Waals surface area (Å²) in [5.41, 5.74) is 0.976. The van der Waals surface area contributed by atoms with E-state index in [0.29, 0.717) is 27.7 Å². The molecule has 1 aromatic carbocycles. The Kier molecular flexibility index (Phi) is 5.37. The normalized spacial score (nSPS) is 13.1. The van der Waals surface area contributed by atoms with Gasteiger partial charge in [-0.3, -0.25) is 4.40 Å². The van der Waals surface area contributed by atoms with Crippen LogP contribution in [0.3, 0.4) is 0 Å². The highest BCUT2D eigenvalue weighted by atomic mass is 35.5. The third-order valence-electron chi connectivity index (χ3n) is 4.50. The van der Waals surface area contributed by atoms with Crippen molar-refractivity contribution in [3.8, 4) is 11.3 Å². The highest BCUT2D eigenvalue weighted by Crippen LogP contribution is 2.36. The molecule has 3 nitrogen and oxygen atoms in total. The molecule has 0 amide bonds. The standard InChI is InChI=1S/C22H25ClF3N3/c1-20(2,3)13-21(4,5)28-19-18(27-17-11-10-16(23)12-29(17)19)14-6-8-15(9-7-14)22(24,25)26/h6-12,28H,13H2,1-5H3. The number of rotatable bonds is 4. The Bertz CT molecular complexity index is 1010. The van der Waals surface area contributed by atoms with Crippen LogP contribution in [0.25, 0.3) is 16.9 Å². The molecule has 156 valence electrons. The third-order valence-corrected chi connectivity index (χ3v) is 4.72. The summed E-state index contributed by atoms with van der Waals surface area (Å²) in [5, 5.41) is 4.10. The van der Waals surface area contributed by atoms with Crippen molar-refractivity contribution in [3.05, 3.63) is 53.2 Å². The molecule has 0 atom stereocenters. The van der Waals surface area contributed by atoms with Crippen LogP contribution in [0, 0.1) is 5.41 Å². The SMILES string of the molecule is CC(C)(C)CC(C)(C)Nc1c(-c2ccc(C(F)(F)F)cc2)nc2ccc(Cl)cn12. The monoisotopic (exact) mass is 423 g/mol. The highest BCUT2D eigenvalue weighted by molar-refractivity contribution is 6.30. The van der Waals surface area contributed by atoms with E-state index in [1.54, 1.807) is 18.3 Å². The van der Waals surface area contributed by atoms with Gasteiger partial charge in [0.2, 0.25) is 0 Å². The summed E-state index contributed by atoms with van der Waals surface area (Å²) in [6, 6.07) is 8.59. The summed E-state index contributed by atoms with van der Waals surface area (Å²) in [6.07, 6.45) is -1.74. The number of hydrogen-bond acceptors (Lipinski definition) is 2. The zero-order valence-corrected chi connectivity index (χ0v) is 17.9. The van der Waals surface area contributed by atoms with Crippen LogP contribution < -0.4 is 5.32 Å². The number of pyridine rings is 1. The minimum Gasteiger partial charge on any atom is -0.364 e. The van der Waals surface area contributed by atoms with Crippen molar-refractivity contribution < 1.29 is 13.2 Å². The van der Waals surface area contributed by atoms with Gasteiger partial charge < -0.3 is 5.32 Å². The van der Waals surface area contributed by atoms with Crippen molar-refractivity contribution in [2.45, 2.75) is 52.8 Å². The minimum absolute atomic E-state index is 0.0865. The number of halogens is 4. The predicted octanol–water partition coefficient (Wildman–Crippen LogP) is 7.30. The first kappa shape index (κ1) is 21.5. The van der Waals surface area contributed by atoms with Gasteiger partial charge in [0.1, 0.15) is 17.2 Å². The lowest BCUT2D eigenvalue weighted by Gasteiger charge is -2.34. The van der Waals surface area contributed by atoms with E-state index >= 15 is 0 Å². The molecule has 0 spiro atoms. The molecule has 0 fully saturated rings. The fourth-order valence-corrected chi connectivity index (χ4v) is 4.01. The second-order valence-corrected chi connectivity index (χ2v) is 9.64. The van der Waals surface area contributed by atoms with Crippen LogP contribution in [0.4, 0.5) is 19.0 Å². The Morgan fingerprint density at radius 3 is 2.14 bits per heavy atom. The highest BCUT2D eigenvalue weighted by Gasteiger charge is 2.31. The average molecular weight is 424 g/mol. The molecule has 0 bridgehead atoms. The number of aromatic nitrogens is 2. The summed E-state index contributed by atoms with van der Waals surface area (Å²) in [4.78, 5) is 4.66. The number of hydrogen-bond donors (Lipinski definition) is 1. The fraction of sp³-hybridized carbons (Fsp3) is 0.409. The van der Waals surface area contributed by atoms with Gasteiger partial charge in [-0.2, -0.15) is 13.2 Å². The fourth-order valence-electron chi connectivity index (χ4n) is 3.85. The first-order chi connectivity index (χ1) is 13.3. The zero-order chi connectivity index (χ0) is 21.6. The average Bonchev–Trinajstić information content (AvgIpc) is 2.89. The van der Waals surface area contributed by atoms with Gasteiger partial charge in [0, 0.05) is 17.3 Å². The van der Waals surface area contributed by atoms with E-state index in [-0.39, 0.29) is 11.0 Å². The van der Waals surface area contributed by atoms with Gasteiger partial charge in [0.15, 0.2) is 0 Å². The first-order valence-electron chi connectivity index (χ1n) is 9.39. The Balaban J connectivity index is 2.11. The van der Waals surface area contributed by atoms with Gasteiger partial charge in [-0.15, -0.1) is 0 Å². The topological polar surface area (TPSA) is 29.3 Å². The van der Waals surface area contributed by atoms with Crippen molar-refractivity contribution in [2.75, 3.05) is 5.32 Å². The number of benzene rings is 1. The van der Waals surface area contributed by atoms with Gasteiger partial charge in [-0.05, 0) is 49.9 Å². The van der Waals surface area contributed by atoms with Crippen LogP contribution in [-0.2, 0) is 6.18 Å². The Hall–Kier alpha value is -2.21. The van der Waals surface area contributed by atoms with Crippen molar-refractivity contribution in [1.82, 2.24) is 9.38 Å². The molecule has 0 aliphatic rings. The summed E-state index contributed by atoms with van der Waals surface area (Å²) >= 11 is 6.19. The van der Waals surface area contributed by atoms with E-state index in [2.05, 4.69) is 44.9 Å². The molecule has 0 saturated heterocycles. The lowest BCUT2D eigenvalue weighted by Crippen LogP contribution is -2.36. The number of nitrogens with zero attached hydrogens (tertiary/aromatic N) is 2. The molecule has 29 heavy (non-hydrogen) atoms. The van der Waals surface area contributed by atoms with Crippen LogP contribution in [-0.4, -0.2) is 14.9 Å². The van der Waals surface area contributed by atoms with Crippen molar-refractivity contribution in [2.24, 2.45) is 5.41 Å². The smallest absolute Gasteiger partial charge is 0.364 e. The summed E-state index contributed by atoms with van der Waals surface area (Å²) in [7, 11) is 0. The van der Waals surface area contributed by atoms with E-state index < -0.39 is 11.7 Å². The number of fused-ring (bicyclic) bond motifs is 1. The van der Waals surface area contributed by atoms with Crippen LogP contribution >= 0.6 is 11.6 Å². The van der Waals surface area contributed by atoms with Crippen LogP contribution in [0.1, 0.15) is 46.6 Å². The molecule has 0 unspecified atom stereocenters. The maximum Gasteiger partial charge on any atom is 0.416 e. The van der Waals surface area contributed by atoms with Gasteiger partial charge >= 0.3 is 6.18 Å². The van der Waals surface area contributed by atoms with Crippen LogP contribution in [0.2, 0.25) is 5.02 Å². The predicted molar refractivity (Wildman–Crippen MR) is 112 cm³/mol.